The molecule has 0 spiro atoms. The Hall–Kier alpha value is -1.10. The quantitative estimate of drug-likeness (QED) is 0.179. The Morgan fingerprint density at radius 1 is 0.963 bits per heavy atom. The second-order valence-electron chi connectivity index (χ2n) is 5.65. The van der Waals surface area contributed by atoms with Gasteiger partial charge in [0, 0.05) is 54.0 Å². The van der Waals surface area contributed by atoms with E-state index in [1.54, 1.807) is 21.3 Å². The average Bonchev–Trinajstić information content (AvgIpc) is 2.67. The normalized spacial score (nSPS) is 11.0. The van der Waals surface area contributed by atoms with E-state index in [0.717, 1.165) is 36.7 Å². The number of rotatable bonds is 14. The monoisotopic (exact) mass is 495 g/mol. The maximum atomic E-state index is 5.73. The number of ether oxygens (including phenoxy) is 4. The number of halogens is 1. The number of nitrogens with zero attached hydrogens (tertiary/aromatic N) is 1. The average molecular weight is 495 g/mol. The number of benzene rings is 1. The molecule has 1 aromatic rings. The molecular weight excluding hydrogens is 461 g/mol. The third kappa shape index (κ3) is 13.7. The molecule has 0 aliphatic rings. The van der Waals surface area contributed by atoms with E-state index in [-0.39, 0.29) is 24.0 Å². The lowest BCUT2D eigenvalue weighted by Gasteiger charge is -2.13. The summed E-state index contributed by atoms with van der Waals surface area (Å²) in [7, 11) is 5.13. The molecule has 0 radical (unpaired) electrons. The van der Waals surface area contributed by atoms with Crippen molar-refractivity contribution in [3.05, 3.63) is 29.8 Å². The van der Waals surface area contributed by atoms with Crippen LogP contribution >= 0.6 is 24.0 Å². The number of hydrogen-bond acceptors (Lipinski definition) is 5. The molecule has 0 bridgehead atoms. The molecular formula is C19H34IN3O4. The molecule has 8 heteroatoms. The Morgan fingerprint density at radius 3 is 2.52 bits per heavy atom. The Morgan fingerprint density at radius 2 is 1.78 bits per heavy atom. The van der Waals surface area contributed by atoms with Gasteiger partial charge in [0.1, 0.15) is 5.75 Å². The Kier molecular flexibility index (Phi) is 17.5. The fourth-order valence-corrected chi connectivity index (χ4v) is 2.17. The van der Waals surface area contributed by atoms with E-state index >= 15 is 0 Å². The molecule has 1 rings (SSSR count). The van der Waals surface area contributed by atoms with Crippen molar-refractivity contribution in [1.82, 2.24) is 10.6 Å². The fraction of sp³-hybridized carbons (Fsp3) is 0.632. The van der Waals surface area contributed by atoms with Gasteiger partial charge in [0.15, 0.2) is 5.96 Å². The first kappa shape index (κ1) is 25.9. The lowest BCUT2D eigenvalue weighted by molar-refractivity contribution is 0.0698. The summed E-state index contributed by atoms with van der Waals surface area (Å²) in [5.41, 5.74) is 1.14. The van der Waals surface area contributed by atoms with E-state index in [2.05, 4.69) is 21.7 Å². The van der Waals surface area contributed by atoms with Gasteiger partial charge in [0.25, 0.3) is 0 Å². The lowest BCUT2D eigenvalue weighted by atomic mass is 10.2. The summed E-state index contributed by atoms with van der Waals surface area (Å²) in [5, 5.41) is 6.58. The zero-order valence-corrected chi connectivity index (χ0v) is 19.0. The largest absolute Gasteiger partial charge is 0.493 e. The molecule has 156 valence electrons. The van der Waals surface area contributed by atoms with Gasteiger partial charge in [-0.1, -0.05) is 12.1 Å². The molecule has 0 unspecified atom stereocenters. The van der Waals surface area contributed by atoms with E-state index in [9.17, 15) is 0 Å². The molecule has 27 heavy (non-hydrogen) atoms. The molecule has 0 aromatic heterocycles. The van der Waals surface area contributed by atoms with E-state index in [1.807, 2.05) is 18.2 Å². The first-order valence-corrected chi connectivity index (χ1v) is 9.02. The molecule has 7 nitrogen and oxygen atoms in total. The number of nitrogens with one attached hydrogen (secondary N) is 2. The highest BCUT2D eigenvalue weighted by molar-refractivity contribution is 14.0. The molecule has 0 fully saturated rings. The molecule has 0 saturated carbocycles. The van der Waals surface area contributed by atoms with Crippen LogP contribution in [0, 0.1) is 0 Å². The molecule has 0 atom stereocenters. The third-order valence-electron chi connectivity index (χ3n) is 3.53. The van der Waals surface area contributed by atoms with Gasteiger partial charge >= 0.3 is 0 Å². The van der Waals surface area contributed by atoms with Crippen molar-refractivity contribution in [1.29, 1.82) is 0 Å². The Labute approximate surface area is 180 Å². The van der Waals surface area contributed by atoms with Crippen molar-refractivity contribution < 1.29 is 18.9 Å². The van der Waals surface area contributed by atoms with Gasteiger partial charge in [-0.05, 0) is 24.1 Å². The van der Waals surface area contributed by atoms with E-state index in [0.29, 0.717) is 39.6 Å². The standard InChI is InChI=1S/C19H33N3O4.HI/c1-20-19(21-9-5-11-25-14-13-24-3)22-16-17-7-4-8-18(15-17)26-12-6-10-23-2;/h4,7-8,15H,5-6,9-14,16H2,1-3H3,(H2,20,21,22);1H. The summed E-state index contributed by atoms with van der Waals surface area (Å²) in [6.45, 7) is 4.81. The maximum absolute atomic E-state index is 5.73. The van der Waals surface area contributed by atoms with Gasteiger partial charge in [0.2, 0.25) is 0 Å². The number of hydrogen-bond donors (Lipinski definition) is 2. The summed E-state index contributed by atoms with van der Waals surface area (Å²) in [5.74, 6) is 1.64. The second-order valence-corrected chi connectivity index (χ2v) is 5.65. The topological polar surface area (TPSA) is 73.3 Å². The van der Waals surface area contributed by atoms with Crippen molar-refractivity contribution in [3.8, 4) is 5.75 Å². The van der Waals surface area contributed by atoms with Gasteiger partial charge in [-0.3, -0.25) is 4.99 Å². The van der Waals surface area contributed by atoms with Crippen LogP contribution < -0.4 is 15.4 Å². The van der Waals surface area contributed by atoms with Gasteiger partial charge in [0.05, 0.1) is 19.8 Å². The molecule has 0 amide bonds. The highest BCUT2D eigenvalue weighted by atomic mass is 127. The van der Waals surface area contributed by atoms with Crippen molar-refractivity contribution in [3.63, 3.8) is 0 Å². The first-order chi connectivity index (χ1) is 12.8. The SMILES string of the molecule is CN=C(NCCCOCCOC)NCc1cccc(OCCCOC)c1.I. The summed E-state index contributed by atoms with van der Waals surface area (Å²) in [6, 6.07) is 8.06. The highest BCUT2D eigenvalue weighted by Crippen LogP contribution is 2.13. The summed E-state index contributed by atoms with van der Waals surface area (Å²) in [6.07, 6.45) is 1.79. The van der Waals surface area contributed by atoms with Crippen LogP contribution in [0.1, 0.15) is 18.4 Å². The predicted molar refractivity (Wildman–Crippen MR) is 119 cm³/mol. The van der Waals surface area contributed by atoms with Crippen LogP contribution in [0.5, 0.6) is 5.75 Å². The molecule has 0 saturated heterocycles. The third-order valence-corrected chi connectivity index (χ3v) is 3.53. The number of guanidine groups is 1. The summed E-state index contributed by atoms with van der Waals surface area (Å²) >= 11 is 0. The van der Waals surface area contributed by atoms with Crippen LogP contribution in [-0.2, 0) is 20.8 Å². The zero-order valence-electron chi connectivity index (χ0n) is 16.7. The van der Waals surface area contributed by atoms with Gasteiger partial charge in [-0.2, -0.15) is 0 Å². The van der Waals surface area contributed by atoms with Crippen LogP contribution in [0.25, 0.3) is 0 Å². The first-order valence-electron chi connectivity index (χ1n) is 9.02. The molecule has 0 aliphatic heterocycles. The minimum atomic E-state index is 0. The highest BCUT2D eigenvalue weighted by Gasteiger charge is 2.00. The van der Waals surface area contributed by atoms with Crippen molar-refractivity contribution in [2.75, 3.05) is 60.8 Å². The Bertz CT molecular complexity index is 504. The van der Waals surface area contributed by atoms with Crippen LogP contribution in [0.4, 0.5) is 0 Å². The van der Waals surface area contributed by atoms with Crippen LogP contribution in [-0.4, -0.2) is 66.8 Å². The minimum Gasteiger partial charge on any atom is -0.493 e. The van der Waals surface area contributed by atoms with Crippen molar-refractivity contribution in [2.45, 2.75) is 19.4 Å². The zero-order chi connectivity index (χ0) is 18.9. The predicted octanol–water partition coefficient (Wildman–Crippen LogP) is 2.44. The Balaban J connectivity index is 0.00000676. The maximum Gasteiger partial charge on any atom is 0.191 e. The van der Waals surface area contributed by atoms with Gasteiger partial charge in [-0.25, -0.2) is 0 Å². The number of methoxy groups -OCH3 is 2. The molecule has 2 N–H and O–H groups in total. The second kappa shape index (κ2) is 18.3. The fourth-order valence-electron chi connectivity index (χ4n) is 2.17. The van der Waals surface area contributed by atoms with Crippen LogP contribution in [0.3, 0.4) is 0 Å². The summed E-state index contributed by atoms with van der Waals surface area (Å²) < 4.78 is 21.1. The summed E-state index contributed by atoms with van der Waals surface area (Å²) in [4.78, 5) is 4.23. The van der Waals surface area contributed by atoms with Gasteiger partial charge in [-0.15, -0.1) is 24.0 Å². The molecule has 0 heterocycles. The van der Waals surface area contributed by atoms with E-state index in [4.69, 9.17) is 18.9 Å². The lowest BCUT2D eigenvalue weighted by Crippen LogP contribution is -2.37. The van der Waals surface area contributed by atoms with Crippen LogP contribution in [0.2, 0.25) is 0 Å². The van der Waals surface area contributed by atoms with Crippen molar-refractivity contribution >= 4 is 29.9 Å². The van der Waals surface area contributed by atoms with E-state index in [1.165, 1.54) is 0 Å². The van der Waals surface area contributed by atoms with E-state index < -0.39 is 0 Å². The smallest absolute Gasteiger partial charge is 0.191 e. The van der Waals surface area contributed by atoms with Gasteiger partial charge < -0.3 is 29.6 Å². The number of aliphatic imine (C=N–C) groups is 1. The van der Waals surface area contributed by atoms with Crippen LogP contribution in [0.15, 0.2) is 29.3 Å². The minimum absolute atomic E-state index is 0. The van der Waals surface area contributed by atoms with Crippen molar-refractivity contribution in [2.24, 2.45) is 4.99 Å². The molecule has 0 aliphatic carbocycles. The molecule has 1 aromatic carbocycles.